The summed E-state index contributed by atoms with van der Waals surface area (Å²) in [6.07, 6.45) is -9.37. The maximum absolute atomic E-state index is 12.2. The Morgan fingerprint density at radius 1 is 1.00 bits per heavy atom. The summed E-state index contributed by atoms with van der Waals surface area (Å²) in [6.45, 7) is 0. The van der Waals surface area contributed by atoms with E-state index in [-0.39, 0.29) is 0 Å². The molecule has 0 aromatic rings. The second kappa shape index (κ2) is 3.15. The topological polar surface area (TPSA) is 20.2 Å². The molecule has 0 radical (unpaired) electrons. The maximum Gasteiger partial charge on any atom is 0.431 e. The normalized spacial score (nSPS) is 17.1. The van der Waals surface area contributed by atoms with Gasteiger partial charge in [0.25, 0.3) is 5.60 Å². The van der Waals surface area contributed by atoms with E-state index in [4.69, 9.17) is 5.11 Å². The van der Waals surface area contributed by atoms with Crippen molar-refractivity contribution >= 4 is 0 Å². The smallest absolute Gasteiger partial charge is 0.369 e. The molecule has 84 valence electrons. The van der Waals surface area contributed by atoms with Crippen LogP contribution in [-0.4, -0.2) is 23.1 Å². The van der Waals surface area contributed by atoms with Crippen molar-refractivity contribution in [3.63, 3.8) is 0 Å². The van der Waals surface area contributed by atoms with Crippen molar-refractivity contribution in [2.45, 2.75) is 18.0 Å². The van der Waals surface area contributed by atoms with Gasteiger partial charge in [-0.3, -0.25) is 0 Å². The lowest BCUT2D eigenvalue weighted by Gasteiger charge is -2.31. The Morgan fingerprint density at radius 3 is 1.73 bits per heavy atom. The molecular formula is C8H4F6O. The summed E-state index contributed by atoms with van der Waals surface area (Å²) in [4.78, 5) is 0. The standard InChI is InChI=1S/C8H4F6O/c9-7(10,11)6(15,8(12,13)14)5-3-1-2-4-5/h1-3,15H. The van der Waals surface area contributed by atoms with E-state index < -0.39 is 23.5 Å². The second-order valence-electron chi connectivity index (χ2n) is 2.79. The zero-order chi connectivity index (χ0) is 11.9. The van der Waals surface area contributed by atoms with E-state index >= 15 is 0 Å². The van der Waals surface area contributed by atoms with Crippen LogP contribution in [0.3, 0.4) is 0 Å². The highest BCUT2D eigenvalue weighted by molar-refractivity contribution is 5.39. The third kappa shape index (κ3) is 1.68. The summed E-state index contributed by atoms with van der Waals surface area (Å²) in [7, 11) is 0. The molecule has 0 unspecified atom stereocenters. The molecule has 0 atom stereocenters. The van der Waals surface area contributed by atoms with Crippen molar-refractivity contribution in [1.29, 1.82) is 0 Å². The number of hydrogen-bond donors (Lipinski definition) is 1. The highest BCUT2D eigenvalue weighted by atomic mass is 19.4. The molecule has 7 heteroatoms. The predicted molar refractivity (Wildman–Crippen MR) is 37.8 cm³/mol. The van der Waals surface area contributed by atoms with E-state index in [0.717, 1.165) is 12.2 Å². The van der Waals surface area contributed by atoms with Crippen LogP contribution in [0, 0.1) is 0 Å². The van der Waals surface area contributed by atoms with Gasteiger partial charge in [0.2, 0.25) is 0 Å². The molecule has 0 heterocycles. The van der Waals surface area contributed by atoms with Gasteiger partial charge in [-0.2, -0.15) is 26.3 Å². The van der Waals surface area contributed by atoms with E-state index in [0.29, 0.717) is 6.08 Å². The Balaban J connectivity index is 3.33. The molecule has 1 nitrogen and oxygen atoms in total. The Hall–Kier alpha value is -1.20. The molecule has 0 aromatic carbocycles. The highest BCUT2D eigenvalue weighted by Crippen LogP contribution is 2.48. The van der Waals surface area contributed by atoms with Crippen molar-refractivity contribution in [2.24, 2.45) is 0 Å². The van der Waals surface area contributed by atoms with Crippen molar-refractivity contribution in [3.05, 3.63) is 29.5 Å². The van der Waals surface area contributed by atoms with Crippen LogP contribution in [0.25, 0.3) is 0 Å². The molecule has 0 aliphatic heterocycles. The number of alkyl halides is 6. The summed E-state index contributed by atoms with van der Waals surface area (Å²) in [6, 6.07) is 0. The van der Waals surface area contributed by atoms with Crippen molar-refractivity contribution in [3.8, 4) is 0 Å². The maximum atomic E-state index is 12.2. The van der Waals surface area contributed by atoms with E-state index in [1.54, 1.807) is 5.73 Å². The minimum Gasteiger partial charge on any atom is -0.369 e. The van der Waals surface area contributed by atoms with Gasteiger partial charge < -0.3 is 5.11 Å². The van der Waals surface area contributed by atoms with Gasteiger partial charge in [-0.25, -0.2) is 0 Å². The average molecular weight is 230 g/mol. The zero-order valence-corrected chi connectivity index (χ0v) is 6.95. The molecule has 1 aliphatic rings. The molecule has 1 aliphatic carbocycles. The molecule has 0 saturated heterocycles. The fraction of sp³-hybridized carbons (Fsp3) is 0.375. The van der Waals surface area contributed by atoms with Crippen LogP contribution < -0.4 is 0 Å². The van der Waals surface area contributed by atoms with Crippen molar-refractivity contribution < 1.29 is 31.4 Å². The quantitative estimate of drug-likeness (QED) is 0.542. The fourth-order valence-corrected chi connectivity index (χ4v) is 1.02. The van der Waals surface area contributed by atoms with Crippen LogP contribution in [0.5, 0.6) is 0 Å². The molecule has 0 fully saturated rings. The summed E-state index contributed by atoms with van der Waals surface area (Å²) in [5.74, 6) is 0. The van der Waals surface area contributed by atoms with Gasteiger partial charge >= 0.3 is 12.4 Å². The van der Waals surface area contributed by atoms with Gasteiger partial charge in [0.15, 0.2) is 0 Å². The summed E-state index contributed by atoms with van der Waals surface area (Å²) in [5.41, 5.74) is -4.52. The first-order valence-electron chi connectivity index (χ1n) is 3.60. The third-order valence-corrected chi connectivity index (χ3v) is 1.81. The number of allylic oxidation sites excluding steroid dienone is 1. The largest absolute Gasteiger partial charge is 0.431 e. The summed E-state index contributed by atoms with van der Waals surface area (Å²) >= 11 is 0. The number of rotatable bonds is 1. The minimum absolute atomic E-state index is 0.515. The van der Waals surface area contributed by atoms with Crippen LogP contribution in [0.4, 0.5) is 26.3 Å². The van der Waals surface area contributed by atoms with Gasteiger partial charge in [-0.15, -0.1) is 5.73 Å². The lowest BCUT2D eigenvalue weighted by Crippen LogP contribution is -2.57. The molecule has 15 heavy (non-hydrogen) atoms. The van der Waals surface area contributed by atoms with Crippen molar-refractivity contribution in [2.75, 3.05) is 0 Å². The zero-order valence-electron chi connectivity index (χ0n) is 6.95. The SMILES string of the molecule is OC(C1=C=CC=C1)(C(F)(F)F)C(F)(F)F. The molecule has 0 bridgehead atoms. The van der Waals surface area contributed by atoms with Gasteiger partial charge in [-0.05, 0) is 12.2 Å². The number of aliphatic hydroxyl groups is 1. The first kappa shape index (κ1) is 11.9. The minimum atomic E-state index is -5.84. The Morgan fingerprint density at radius 2 is 1.47 bits per heavy atom. The van der Waals surface area contributed by atoms with Crippen molar-refractivity contribution in [1.82, 2.24) is 0 Å². The molecule has 0 aromatic heterocycles. The molecule has 0 amide bonds. The highest BCUT2D eigenvalue weighted by Gasteiger charge is 2.72. The Bertz CT molecular complexity index is 338. The summed E-state index contributed by atoms with van der Waals surface area (Å²) < 4.78 is 73.0. The molecule has 1 N–H and O–H groups in total. The van der Waals surface area contributed by atoms with Gasteiger partial charge in [-0.1, -0.05) is 6.08 Å². The van der Waals surface area contributed by atoms with Gasteiger partial charge in [0, 0.05) is 5.57 Å². The van der Waals surface area contributed by atoms with Crippen LogP contribution in [0.1, 0.15) is 0 Å². The second-order valence-corrected chi connectivity index (χ2v) is 2.79. The fourth-order valence-electron chi connectivity index (χ4n) is 1.02. The van der Waals surface area contributed by atoms with Crippen LogP contribution in [-0.2, 0) is 0 Å². The monoisotopic (exact) mass is 230 g/mol. The number of halogens is 6. The summed E-state index contributed by atoms with van der Waals surface area (Å²) in [5, 5.41) is 8.76. The first-order chi connectivity index (χ1) is 6.61. The molecule has 1 rings (SSSR count). The molecular weight excluding hydrogens is 226 g/mol. The van der Waals surface area contributed by atoms with Crippen LogP contribution in [0.2, 0.25) is 0 Å². The molecule has 0 saturated carbocycles. The molecule has 0 spiro atoms. The lowest BCUT2D eigenvalue weighted by molar-refractivity contribution is -0.350. The third-order valence-electron chi connectivity index (χ3n) is 1.81. The Labute approximate surface area is 80.0 Å². The average Bonchev–Trinajstić information content (AvgIpc) is 2.49. The van der Waals surface area contributed by atoms with Crippen LogP contribution in [0.15, 0.2) is 29.5 Å². The lowest BCUT2D eigenvalue weighted by atomic mass is 9.93. The Kier molecular flexibility index (Phi) is 2.49. The first-order valence-corrected chi connectivity index (χ1v) is 3.60. The van der Waals surface area contributed by atoms with Gasteiger partial charge in [0.05, 0.1) is 0 Å². The van der Waals surface area contributed by atoms with Crippen LogP contribution >= 0.6 is 0 Å². The van der Waals surface area contributed by atoms with E-state index in [1.165, 1.54) is 0 Å². The van der Waals surface area contributed by atoms with Gasteiger partial charge in [0.1, 0.15) is 0 Å². The predicted octanol–water partition coefficient (Wildman–Crippen LogP) is 2.49. The van der Waals surface area contributed by atoms with E-state index in [9.17, 15) is 26.3 Å². The van der Waals surface area contributed by atoms with E-state index in [1.807, 2.05) is 0 Å². The number of hydrogen-bond acceptors (Lipinski definition) is 1. The van der Waals surface area contributed by atoms with E-state index in [2.05, 4.69) is 0 Å².